The zero-order valence-corrected chi connectivity index (χ0v) is 5.09. The Hall–Kier alpha value is -0.585. The molecule has 0 spiro atoms. The normalized spacial score (nSPS) is 16.4. The second-order valence-corrected chi connectivity index (χ2v) is 1.83. The third-order valence-corrected chi connectivity index (χ3v) is 1.23. The molecule has 0 heterocycles. The number of allylic oxidation sites excluding steroid dienone is 4. The van der Waals surface area contributed by atoms with E-state index in [0.29, 0.717) is 0 Å². The van der Waals surface area contributed by atoms with Crippen LogP contribution in [0.3, 0.4) is 0 Å². The summed E-state index contributed by atoms with van der Waals surface area (Å²) in [6.07, 6.45) is 9.70. The van der Waals surface area contributed by atoms with E-state index in [4.69, 9.17) is 0 Å². The molecule has 1 rings (SSSR count). The topological polar surface area (TPSA) is 0 Å². The molecule has 1 heteroatoms. The van der Waals surface area contributed by atoms with E-state index >= 15 is 0 Å². The second-order valence-electron chi connectivity index (χ2n) is 1.83. The van der Waals surface area contributed by atoms with Crippen LogP contribution in [0.25, 0.3) is 0 Å². The molecule has 0 N–H and O–H groups in total. The van der Waals surface area contributed by atoms with Crippen molar-refractivity contribution in [1.29, 1.82) is 0 Å². The first kappa shape index (κ1) is 5.55. The second kappa shape index (κ2) is 2.66. The van der Waals surface area contributed by atoms with Crippen LogP contribution in [0.2, 0.25) is 6.82 Å². The molecule has 0 nitrogen and oxygen atoms in total. The first-order valence-corrected chi connectivity index (χ1v) is 2.93. The maximum atomic E-state index is 2.16. The van der Waals surface area contributed by atoms with Crippen molar-refractivity contribution in [2.75, 3.05) is 0 Å². The Morgan fingerprint density at radius 1 is 1.38 bits per heavy atom. The molecule has 0 aromatic heterocycles. The van der Waals surface area contributed by atoms with Gasteiger partial charge in [-0.3, -0.25) is 0 Å². The van der Waals surface area contributed by atoms with Gasteiger partial charge in [0.25, 0.3) is 0 Å². The van der Waals surface area contributed by atoms with Crippen LogP contribution in [0.15, 0.2) is 24.3 Å². The fourth-order valence-corrected chi connectivity index (χ4v) is 0.735. The van der Waals surface area contributed by atoms with Crippen LogP contribution >= 0.6 is 0 Å². The van der Waals surface area contributed by atoms with E-state index in [0.717, 1.165) is 6.42 Å². The Morgan fingerprint density at radius 3 is 2.38 bits per heavy atom. The van der Waals surface area contributed by atoms with Crippen molar-refractivity contribution in [3.05, 3.63) is 24.3 Å². The molecule has 0 atom stereocenters. The summed E-state index contributed by atoms with van der Waals surface area (Å²) in [7, 11) is 0. The summed E-state index contributed by atoms with van der Waals surface area (Å²) in [5.74, 6) is 0. The zero-order chi connectivity index (χ0) is 5.82. The molecule has 1 aliphatic carbocycles. The minimum atomic E-state index is 1.09. The van der Waals surface area contributed by atoms with Gasteiger partial charge in [-0.2, -0.15) is 0 Å². The molecule has 0 aromatic carbocycles. The van der Waals surface area contributed by atoms with Crippen molar-refractivity contribution < 1.29 is 0 Å². The van der Waals surface area contributed by atoms with Gasteiger partial charge in [-0.05, 0) is 0 Å². The van der Waals surface area contributed by atoms with Crippen LogP contribution in [-0.2, 0) is 0 Å². The van der Waals surface area contributed by atoms with Crippen molar-refractivity contribution >= 4 is 12.4 Å². The quantitative estimate of drug-likeness (QED) is 0.407. The van der Waals surface area contributed by atoms with Gasteiger partial charge in [0.15, 0.2) is 0 Å². The van der Waals surface area contributed by atoms with Crippen LogP contribution in [0.4, 0.5) is 0 Å². The summed E-state index contributed by atoms with van der Waals surface area (Å²) in [6.45, 7) is 4.15. The van der Waals surface area contributed by atoms with E-state index in [-0.39, 0.29) is 0 Å². The molecule has 0 saturated heterocycles. The van der Waals surface area contributed by atoms with Gasteiger partial charge in [0.05, 0.1) is 0 Å². The molecule has 0 saturated carbocycles. The maximum absolute atomic E-state index is 2.16. The first-order chi connectivity index (χ1) is 3.93. The molecular weight excluding hydrogens is 94.9 g/mol. The van der Waals surface area contributed by atoms with Gasteiger partial charge in [-0.15, -0.1) is 0 Å². The summed E-state index contributed by atoms with van der Waals surface area (Å²) in [5.41, 5.74) is 1.32. The van der Waals surface area contributed by atoms with Crippen LogP contribution in [0.5, 0.6) is 0 Å². The summed E-state index contributed by atoms with van der Waals surface area (Å²) >= 11 is 0. The zero-order valence-electron chi connectivity index (χ0n) is 5.09. The molecule has 0 amide bonds. The summed E-state index contributed by atoms with van der Waals surface area (Å²) in [6, 6.07) is 0. The van der Waals surface area contributed by atoms with Crippen LogP contribution in [0.1, 0.15) is 6.42 Å². The fourth-order valence-electron chi connectivity index (χ4n) is 0.735. The third-order valence-electron chi connectivity index (χ3n) is 1.23. The molecular formula is C7H9B. The average Bonchev–Trinajstić information content (AvgIpc) is 1.90. The summed E-state index contributed by atoms with van der Waals surface area (Å²) in [5, 5.41) is 0. The predicted octanol–water partition coefficient (Wildman–Crippen LogP) is 1.43. The van der Waals surface area contributed by atoms with E-state index in [1.807, 2.05) is 0 Å². The van der Waals surface area contributed by atoms with Crippen LogP contribution < -0.4 is 0 Å². The minimum absolute atomic E-state index is 1.09. The van der Waals surface area contributed by atoms with Gasteiger partial charge in [0, 0.05) is 0 Å². The monoisotopic (exact) mass is 104 g/mol. The Bertz CT molecular complexity index is 138. The number of hydrogen-bond donors (Lipinski definition) is 0. The van der Waals surface area contributed by atoms with Gasteiger partial charge in [0.1, 0.15) is 0 Å². The Labute approximate surface area is 50.8 Å². The van der Waals surface area contributed by atoms with Gasteiger partial charge in [0.2, 0.25) is 0 Å². The van der Waals surface area contributed by atoms with E-state index in [2.05, 4.69) is 38.0 Å². The van der Waals surface area contributed by atoms with Crippen molar-refractivity contribution in [3.63, 3.8) is 0 Å². The molecule has 0 fully saturated rings. The standard InChI is InChI=1S/C7H9B/c1-8-7-5-3-2-4-6-7/h3-6H,2H2,1H3. The van der Waals surface area contributed by atoms with Gasteiger partial charge < -0.3 is 0 Å². The van der Waals surface area contributed by atoms with E-state index < -0.39 is 0 Å². The van der Waals surface area contributed by atoms with Crippen molar-refractivity contribution in [2.24, 2.45) is 0 Å². The Morgan fingerprint density at radius 2 is 2.00 bits per heavy atom. The average molecular weight is 104 g/mol. The summed E-state index contributed by atoms with van der Waals surface area (Å²) < 4.78 is 0. The van der Waals surface area contributed by atoms with Crippen LogP contribution in [0, 0.1) is 0 Å². The van der Waals surface area contributed by atoms with Gasteiger partial charge >= 0.3 is 49.9 Å². The molecule has 0 aromatic rings. The van der Waals surface area contributed by atoms with Crippen molar-refractivity contribution in [2.45, 2.75) is 13.2 Å². The van der Waals surface area contributed by atoms with Crippen LogP contribution in [-0.4, -0.2) is 12.4 Å². The van der Waals surface area contributed by atoms with E-state index in [1.54, 1.807) is 0 Å². The van der Waals surface area contributed by atoms with E-state index in [9.17, 15) is 0 Å². The van der Waals surface area contributed by atoms with Gasteiger partial charge in [-0.25, -0.2) is 0 Å². The molecule has 8 heavy (non-hydrogen) atoms. The SMILES string of the molecule is CB=C1C=CCC=C1. The van der Waals surface area contributed by atoms with Gasteiger partial charge in [-0.1, -0.05) is 0 Å². The number of rotatable bonds is 0. The summed E-state index contributed by atoms with van der Waals surface area (Å²) in [4.78, 5) is 0. The third kappa shape index (κ3) is 1.19. The number of hydrogen-bond acceptors (Lipinski definition) is 0. The molecule has 0 unspecified atom stereocenters. The molecule has 0 radical (unpaired) electrons. The van der Waals surface area contributed by atoms with E-state index in [1.165, 1.54) is 5.46 Å². The Balaban J connectivity index is 2.69. The molecule has 0 bridgehead atoms. The Kier molecular flexibility index (Phi) is 1.84. The predicted molar refractivity (Wildman–Crippen MR) is 39.5 cm³/mol. The molecule has 0 aliphatic heterocycles. The molecule has 1 aliphatic rings. The molecule has 40 valence electrons. The fraction of sp³-hybridized carbons (Fsp3) is 0.286. The first-order valence-electron chi connectivity index (χ1n) is 2.93. The van der Waals surface area contributed by atoms with Crippen molar-refractivity contribution in [1.82, 2.24) is 0 Å². The van der Waals surface area contributed by atoms with Crippen molar-refractivity contribution in [3.8, 4) is 0 Å².